The number of nitrogens with one attached hydrogen (secondary N) is 1. The first kappa shape index (κ1) is 14.1. The maximum atomic E-state index is 5.19. The molecule has 19 heavy (non-hydrogen) atoms. The molecule has 5 heteroatoms. The average Bonchev–Trinajstić information content (AvgIpc) is 2.46. The minimum absolute atomic E-state index is 0.532. The van der Waals surface area contributed by atoms with E-state index in [1.54, 1.807) is 7.11 Å². The summed E-state index contributed by atoms with van der Waals surface area (Å²) in [6, 6.07) is 1.98. The van der Waals surface area contributed by atoms with Gasteiger partial charge in [-0.05, 0) is 25.7 Å². The van der Waals surface area contributed by atoms with Crippen molar-refractivity contribution in [3.63, 3.8) is 0 Å². The predicted octanol–water partition coefficient (Wildman–Crippen LogP) is 2.44. The number of aromatic nitrogens is 2. The van der Waals surface area contributed by atoms with Crippen molar-refractivity contribution in [2.75, 3.05) is 37.0 Å². The fourth-order valence-corrected chi connectivity index (χ4v) is 2.28. The van der Waals surface area contributed by atoms with Crippen LogP contribution in [0, 0.1) is 0 Å². The standard InChI is InChI=1S/C14H24N4O/c1-3-7-15-13-10-12(11-19-2)16-14(17-13)18-8-5-4-6-9-18/h10H,3-9,11H2,1-2H3,(H,15,16,17). The molecule has 2 rings (SSSR count). The summed E-state index contributed by atoms with van der Waals surface area (Å²) in [7, 11) is 1.70. The van der Waals surface area contributed by atoms with E-state index in [1.807, 2.05) is 6.07 Å². The first-order chi connectivity index (χ1) is 9.33. The third-order valence-corrected chi connectivity index (χ3v) is 3.25. The second-order valence-electron chi connectivity index (χ2n) is 4.95. The van der Waals surface area contributed by atoms with Gasteiger partial charge in [-0.25, -0.2) is 4.98 Å². The summed E-state index contributed by atoms with van der Waals surface area (Å²) >= 11 is 0. The van der Waals surface area contributed by atoms with E-state index in [0.717, 1.165) is 43.5 Å². The largest absolute Gasteiger partial charge is 0.378 e. The summed E-state index contributed by atoms with van der Waals surface area (Å²) in [6.45, 7) is 5.73. The fourth-order valence-electron chi connectivity index (χ4n) is 2.28. The zero-order valence-corrected chi connectivity index (χ0v) is 12.0. The molecule has 0 saturated carbocycles. The molecule has 0 amide bonds. The van der Waals surface area contributed by atoms with E-state index in [4.69, 9.17) is 4.74 Å². The predicted molar refractivity (Wildman–Crippen MR) is 77.6 cm³/mol. The lowest BCUT2D eigenvalue weighted by Crippen LogP contribution is -2.31. The van der Waals surface area contributed by atoms with Crippen LogP contribution in [-0.4, -0.2) is 36.7 Å². The summed E-state index contributed by atoms with van der Waals surface area (Å²) in [5.74, 6) is 1.75. The zero-order valence-electron chi connectivity index (χ0n) is 12.0. The first-order valence-corrected chi connectivity index (χ1v) is 7.19. The van der Waals surface area contributed by atoms with Crippen molar-refractivity contribution in [2.24, 2.45) is 0 Å². The van der Waals surface area contributed by atoms with Gasteiger partial charge in [0.25, 0.3) is 0 Å². The zero-order chi connectivity index (χ0) is 13.5. The van der Waals surface area contributed by atoms with Gasteiger partial charge in [0.15, 0.2) is 0 Å². The normalized spacial score (nSPS) is 15.6. The Balaban J connectivity index is 2.17. The topological polar surface area (TPSA) is 50.3 Å². The van der Waals surface area contributed by atoms with Crippen LogP contribution in [0.2, 0.25) is 0 Å². The lowest BCUT2D eigenvalue weighted by molar-refractivity contribution is 0.181. The van der Waals surface area contributed by atoms with E-state index in [1.165, 1.54) is 19.3 Å². The molecule has 1 fully saturated rings. The summed E-state index contributed by atoms with van der Waals surface area (Å²) in [4.78, 5) is 11.5. The second kappa shape index (κ2) is 7.28. The Morgan fingerprint density at radius 2 is 2.05 bits per heavy atom. The molecule has 0 aromatic carbocycles. The van der Waals surface area contributed by atoms with Crippen molar-refractivity contribution in [2.45, 2.75) is 39.2 Å². The number of nitrogens with zero attached hydrogens (tertiary/aromatic N) is 3. The van der Waals surface area contributed by atoms with Crippen LogP contribution in [0.25, 0.3) is 0 Å². The molecule has 1 N–H and O–H groups in total. The molecule has 0 spiro atoms. The van der Waals surface area contributed by atoms with E-state index in [-0.39, 0.29) is 0 Å². The van der Waals surface area contributed by atoms with E-state index in [0.29, 0.717) is 6.61 Å². The molecular formula is C14H24N4O. The van der Waals surface area contributed by atoms with Gasteiger partial charge in [0.1, 0.15) is 5.82 Å². The van der Waals surface area contributed by atoms with Crippen molar-refractivity contribution in [3.8, 4) is 0 Å². The van der Waals surface area contributed by atoms with Crippen molar-refractivity contribution in [1.29, 1.82) is 0 Å². The van der Waals surface area contributed by atoms with Gasteiger partial charge < -0.3 is 15.0 Å². The monoisotopic (exact) mass is 264 g/mol. The van der Waals surface area contributed by atoms with Gasteiger partial charge in [-0.3, -0.25) is 0 Å². The van der Waals surface area contributed by atoms with Crippen molar-refractivity contribution >= 4 is 11.8 Å². The highest BCUT2D eigenvalue weighted by molar-refractivity contribution is 5.44. The molecule has 1 aromatic heterocycles. The number of rotatable bonds is 6. The summed E-state index contributed by atoms with van der Waals surface area (Å²) in [5, 5.41) is 3.34. The maximum absolute atomic E-state index is 5.19. The Morgan fingerprint density at radius 3 is 2.74 bits per heavy atom. The van der Waals surface area contributed by atoms with E-state index in [2.05, 4.69) is 27.1 Å². The van der Waals surface area contributed by atoms with Crippen LogP contribution in [0.15, 0.2) is 6.07 Å². The first-order valence-electron chi connectivity index (χ1n) is 7.19. The highest BCUT2D eigenvalue weighted by Crippen LogP contribution is 2.19. The number of anilines is 2. The molecule has 0 atom stereocenters. The molecule has 1 aliphatic rings. The maximum Gasteiger partial charge on any atom is 0.227 e. The quantitative estimate of drug-likeness (QED) is 0.855. The third kappa shape index (κ3) is 4.06. The summed E-state index contributed by atoms with van der Waals surface area (Å²) in [6.07, 6.45) is 4.86. The van der Waals surface area contributed by atoms with Crippen LogP contribution in [0.5, 0.6) is 0 Å². The van der Waals surface area contributed by atoms with Gasteiger partial charge in [0, 0.05) is 32.8 Å². The Hall–Kier alpha value is -1.36. The molecule has 0 radical (unpaired) electrons. The highest BCUT2D eigenvalue weighted by Gasteiger charge is 2.15. The van der Waals surface area contributed by atoms with Crippen LogP contribution < -0.4 is 10.2 Å². The molecule has 2 heterocycles. The molecule has 106 valence electrons. The fraction of sp³-hybridized carbons (Fsp3) is 0.714. The minimum atomic E-state index is 0.532. The summed E-state index contributed by atoms with van der Waals surface area (Å²) in [5.41, 5.74) is 0.941. The molecular weight excluding hydrogens is 240 g/mol. The summed E-state index contributed by atoms with van der Waals surface area (Å²) < 4.78 is 5.19. The van der Waals surface area contributed by atoms with E-state index < -0.39 is 0 Å². The second-order valence-corrected chi connectivity index (χ2v) is 4.95. The molecule has 1 aliphatic heterocycles. The van der Waals surface area contributed by atoms with Crippen LogP contribution in [0.3, 0.4) is 0 Å². The van der Waals surface area contributed by atoms with Crippen molar-refractivity contribution < 1.29 is 4.74 Å². The average molecular weight is 264 g/mol. The van der Waals surface area contributed by atoms with Crippen molar-refractivity contribution in [1.82, 2.24) is 9.97 Å². The lowest BCUT2D eigenvalue weighted by atomic mass is 10.1. The van der Waals surface area contributed by atoms with E-state index in [9.17, 15) is 0 Å². The molecule has 0 bridgehead atoms. The molecule has 5 nitrogen and oxygen atoms in total. The van der Waals surface area contributed by atoms with Crippen LogP contribution in [0.4, 0.5) is 11.8 Å². The van der Waals surface area contributed by atoms with Gasteiger partial charge in [0.05, 0.1) is 12.3 Å². The molecule has 0 aliphatic carbocycles. The Kier molecular flexibility index (Phi) is 5.39. The number of hydrogen-bond acceptors (Lipinski definition) is 5. The molecule has 0 unspecified atom stereocenters. The number of methoxy groups -OCH3 is 1. The Morgan fingerprint density at radius 1 is 1.26 bits per heavy atom. The van der Waals surface area contributed by atoms with Gasteiger partial charge >= 0.3 is 0 Å². The van der Waals surface area contributed by atoms with Crippen LogP contribution in [-0.2, 0) is 11.3 Å². The smallest absolute Gasteiger partial charge is 0.227 e. The Bertz CT molecular complexity index is 391. The number of piperidine rings is 1. The molecule has 1 aromatic rings. The van der Waals surface area contributed by atoms with Crippen molar-refractivity contribution in [3.05, 3.63) is 11.8 Å². The van der Waals surface area contributed by atoms with Gasteiger partial charge in [0.2, 0.25) is 5.95 Å². The van der Waals surface area contributed by atoms with Gasteiger partial charge in [-0.1, -0.05) is 6.92 Å². The third-order valence-electron chi connectivity index (χ3n) is 3.25. The minimum Gasteiger partial charge on any atom is -0.378 e. The highest BCUT2D eigenvalue weighted by atomic mass is 16.5. The van der Waals surface area contributed by atoms with E-state index >= 15 is 0 Å². The van der Waals surface area contributed by atoms with Crippen LogP contribution >= 0.6 is 0 Å². The molecule has 1 saturated heterocycles. The van der Waals surface area contributed by atoms with Crippen LogP contribution in [0.1, 0.15) is 38.3 Å². The lowest BCUT2D eigenvalue weighted by Gasteiger charge is -2.27. The number of ether oxygens (including phenoxy) is 1. The SMILES string of the molecule is CCCNc1cc(COC)nc(N2CCCCC2)n1. The van der Waals surface area contributed by atoms with Gasteiger partial charge in [-0.15, -0.1) is 0 Å². The van der Waals surface area contributed by atoms with Gasteiger partial charge in [-0.2, -0.15) is 4.98 Å². The number of hydrogen-bond donors (Lipinski definition) is 1. The Labute approximate surface area is 115 Å².